The van der Waals surface area contributed by atoms with E-state index in [1.165, 1.54) is 54.4 Å². The van der Waals surface area contributed by atoms with Gasteiger partial charge in [0.15, 0.2) is 5.78 Å². The molecule has 0 atom stereocenters. The first-order valence-corrected chi connectivity index (χ1v) is 9.94. The number of ketones is 1. The topological polar surface area (TPSA) is 84.0 Å². The molecule has 0 unspecified atom stereocenters. The second-order valence-corrected chi connectivity index (χ2v) is 8.09. The Hall–Kier alpha value is -2.58. The highest BCUT2D eigenvalue weighted by atomic mass is 35.5. The molecule has 9 heteroatoms. The zero-order chi connectivity index (χ0) is 19.8. The van der Waals surface area contributed by atoms with Gasteiger partial charge in [0.1, 0.15) is 17.3 Å². The maximum atomic E-state index is 13.0. The van der Waals surface area contributed by atoms with Crippen LogP contribution in [0.4, 0.5) is 16.2 Å². The monoisotopic (exact) mass is 408 g/mol. The van der Waals surface area contributed by atoms with Gasteiger partial charge in [0.05, 0.1) is 11.4 Å². The van der Waals surface area contributed by atoms with E-state index in [9.17, 15) is 18.0 Å². The summed E-state index contributed by atoms with van der Waals surface area (Å²) in [5.41, 5.74) is 0.377. The van der Waals surface area contributed by atoms with Gasteiger partial charge in [-0.2, -0.15) is 4.31 Å². The summed E-state index contributed by atoms with van der Waals surface area (Å²) in [5.74, 6) is 0.226. The third-order valence-electron chi connectivity index (χ3n) is 4.13. The molecule has 0 bridgehead atoms. The van der Waals surface area contributed by atoms with Gasteiger partial charge in [-0.25, -0.2) is 13.2 Å². The predicted octanol–water partition coefficient (Wildman–Crippen LogP) is 3.46. The van der Waals surface area contributed by atoms with Crippen molar-refractivity contribution in [2.75, 3.05) is 22.9 Å². The quantitative estimate of drug-likeness (QED) is 0.756. The number of rotatable bonds is 5. The number of urea groups is 1. The van der Waals surface area contributed by atoms with E-state index in [2.05, 4.69) is 0 Å². The number of ether oxygens (including phenoxy) is 1. The molecule has 27 heavy (non-hydrogen) atoms. The van der Waals surface area contributed by atoms with Crippen LogP contribution in [0.5, 0.6) is 5.75 Å². The molecule has 142 valence electrons. The molecule has 2 aromatic carbocycles. The van der Waals surface area contributed by atoms with Gasteiger partial charge in [-0.3, -0.25) is 9.69 Å². The van der Waals surface area contributed by atoms with E-state index in [0.717, 1.165) is 4.31 Å². The third kappa shape index (κ3) is 3.50. The SMILES string of the molecule is CCC(=O)COc1ccc2c(c1)N(C)C(=O)N(c1ccc(Cl)cc1)S2(=O)=O. The molecule has 1 aliphatic heterocycles. The number of hydrogen-bond donors (Lipinski definition) is 0. The Morgan fingerprint density at radius 3 is 2.44 bits per heavy atom. The molecule has 0 saturated heterocycles. The Morgan fingerprint density at radius 2 is 1.81 bits per heavy atom. The number of amides is 2. The van der Waals surface area contributed by atoms with E-state index in [4.69, 9.17) is 16.3 Å². The molecule has 3 rings (SSSR count). The van der Waals surface area contributed by atoms with Crippen LogP contribution in [0.1, 0.15) is 13.3 Å². The number of halogens is 1. The van der Waals surface area contributed by atoms with Crippen molar-refractivity contribution in [1.82, 2.24) is 0 Å². The highest BCUT2D eigenvalue weighted by molar-refractivity contribution is 7.94. The normalized spacial score (nSPS) is 15.4. The third-order valence-corrected chi connectivity index (χ3v) is 6.13. The van der Waals surface area contributed by atoms with Gasteiger partial charge in [-0.15, -0.1) is 0 Å². The minimum atomic E-state index is -4.11. The summed E-state index contributed by atoms with van der Waals surface area (Å²) in [6.45, 7) is 1.61. The number of anilines is 2. The first-order chi connectivity index (χ1) is 12.8. The number of fused-ring (bicyclic) bond motifs is 1. The van der Waals surface area contributed by atoms with Gasteiger partial charge in [0.2, 0.25) is 0 Å². The Labute approximate surface area is 162 Å². The van der Waals surface area contributed by atoms with Crippen LogP contribution in [0.25, 0.3) is 0 Å². The Kier molecular flexibility index (Phi) is 5.12. The number of carbonyl (C=O) groups is 2. The van der Waals surface area contributed by atoms with Crippen LogP contribution in [0, 0.1) is 0 Å². The lowest BCUT2D eigenvalue weighted by molar-refractivity contribution is -0.120. The number of nitrogens with zero attached hydrogens (tertiary/aromatic N) is 2. The van der Waals surface area contributed by atoms with Crippen LogP contribution >= 0.6 is 11.6 Å². The number of hydrogen-bond acceptors (Lipinski definition) is 5. The first kappa shape index (κ1) is 19.2. The largest absolute Gasteiger partial charge is 0.486 e. The van der Waals surface area contributed by atoms with Crippen LogP contribution in [-0.2, 0) is 14.8 Å². The van der Waals surface area contributed by atoms with E-state index in [-0.39, 0.29) is 28.7 Å². The molecule has 0 N–H and O–H groups in total. The number of benzene rings is 2. The van der Waals surface area contributed by atoms with Gasteiger partial charge in [0.25, 0.3) is 10.0 Å². The first-order valence-electron chi connectivity index (χ1n) is 8.13. The van der Waals surface area contributed by atoms with E-state index < -0.39 is 16.1 Å². The molecule has 2 amide bonds. The summed E-state index contributed by atoms with van der Waals surface area (Å²) in [5, 5.41) is 0.428. The van der Waals surface area contributed by atoms with Gasteiger partial charge < -0.3 is 4.74 Å². The van der Waals surface area contributed by atoms with Crippen molar-refractivity contribution in [2.24, 2.45) is 0 Å². The molecule has 0 aliphatic carbocycles. The number of Topliss-reactive ketones (excluding diaryl/α,β-unsaturated/α-hetero) is 1. The second-order valence-electron chi connectivity index (χ2n) is 5.90. The number of sulfonamides is 1. The summed E-state index contributed by atoms with van der Waals surface area (Å²) >= 11 is 5.85. The summed E-state index contributed by atoms with van der Waals surface area (Å²) in [6, 6.07) is 9.48. The molecule has 2 aromatic rings. The smallest absolute Gasteiger partial charge is 0.342 e. The fraction of sp³-hybridized carbons (Fsp3) is 0.222. The fourth-order valence-corrected chi connectivity index (χ4v) is 4.35. The van der Waals surface area contributed by atoms with Crippen LogP contribution in [0.15, 0.2) is 47.4 Å². The molecular weight excluding hydrogens is 392 g/mol. The van der Waals surface area contributed by atoms with Gasteiger partial charge in [-0.1, -0.05) is 18.5 Å². The fourth-order valence-electron chi connectivity index (χ4n) is 2.60. The lowest BCUT2D eigenvalue weighted by Crippen LogP contribution is -2.49. The second kappa shape index (κ2) is 7.21. The summed E-state index contributed by atoms with van der Waals surface area (Å²) in [4.78, 5) is 25.4. The van der Waals surface area contributed by atoms with Crippen molar-refractivity contribution in [3.05, 3.63) is 47.5 Å². The van der Waals surface area contributed by atoms with E-state index in [0.29, 0.717) is 17.2 Å². The maximum absolute atomic E-state index is 13.0. The van der Waals surface area contributed by atoms with Gasteiger partial charge >= 0.3 is 6.03 Å². The van der Waals surface area contributed by atoms with Crippen molar-refractivity contribution < 1.29 is 22.7 Å². The zero-order valence-electron chi connectivity index (χ0n) is 14.7. The molecule has 1 aliphatic rings. The molecule has 1 heterocycles. The molecule has 0 aromatic heterocycles. The highest BCUT2D eigenvalue weighted by Crippen LogP contribution is 2.38. The molecular formula is C18H17ClN2O5S. The lowest BCUT2D eigenvalue weighted by atomic mass is 10.2. The van der Waals surface area contributed by atoms with Gasteiger partial charge in [0, 0.05) is 24.6 Å². The zero-order valence-corrected chi connectivity index (χ0v) is 16.2. The van der Waals surface area contributed by atoms with Crippen LogP contribution in [0.3, 0.4) is 0 Å². The Balaban J connectivity index is 2.02. The van der Waals surface area contributed by atoms with Crippen LogP contribution in [0.2, 0.25) is 5.02 Å². The average molecular weight is 409 g/mol. The average Bonchev–Trinajstić information content (AvgIpc) is 2.65. The lowest BCUT2D eigenvalue weighted by Gasteiger charge is -2.34. The van der Waals surface area contributed by atoms with Crippen molar-refractivity contribution in [3.63, 3.8) is 0 Å². The standard InChI is InChI=1S/C18H17ClN2O5S/c1-3-14(22)11-26-15-8-9-17-16(10-15)20(2)18(23)21(27(17,24)25)13-6-4-12(19)5-7-13/h4-10H,3,11H2,1-2H3. The minimum Gasteiger partial charge on any atom is -0.486 e. The molecule has 0 spiro atoms. The van der Waals surface area contributed by atoms with E-state index >= 15 is 0 Å². The van der Waals surface area contributed by atoms with Crippen molar-refractivity contribution >= 4 is 44.8 Å². The van der Waals surface area contributed by atoms with Crippen molar-refractivity contribution in [3.8, 4) is 5.75 Å². The van der Waals surface area contributed by atoms with Crippen molar-refractivity contribution in [1.29, 1.82) is 0 Å². The van der Waals surface area contributed by atoms with E-state index in [1.807, 2.05) is 0 Å². The van der Waals surface area contributed by atoms with Gasteiger partial charge in [-0.05, 0) is 36.4 Å². The van der Waals surface area contributed by atoms with E-state index in [1.54, 1.807) is 6.92 Å². The van der Waals surface area contributed by atoms with Crippen LogP contribution in [-0.4, -0.2) is 33.9 Å². The molecule has 0 radical (unpaired) electrons. The highest BCUT2D eigenvalue weighted by Gasteiger charge is 2.41. The number of carbonyl (C=O) groups excluding carboxylic acids is 2. The molecule has 0 fully saturated rings. The Bertz CT molecular complexity index is 1000. The molecule has 0 saturated carbocycles. The predicted molar refractivity (Wildman–Crippen MR) is 102 cm³/mol. The summed E-state index contributed by atoms with van der Waals surface area (Å²) in [7, 11) is -2.64. The summed E-state index contributed by atoms with van der Waals surface area (Å²) < 4.78 is 32.2. The maximum Gasteiger partial charge on any atom is 0.342 e. The molecule has 7 nitrogen and oxygen atoms in total. The summed E-state index contributed by atoms with van der Waals surface area (Å²) in [6.07, 6.45) is 0.341. The van der Waals surface area contributed by atoms with Crippen LogP contribution < -0.4 is 13.9 Å². The Morgan fingerprint density at radius 1 is 1.15 bits per heavy atom. The van der Waals surface area contributed by atoms with Crippen molar-refractivity contribution in [2.45, 2.75) is 18.2 Å². The minimum absolute atomic E-state index is 0.0336.